The standard InChI is InChI=1S/C17H24N2O2/c18-17(9-11-21-12-10-17)15(20)19-13-16(7-4-8-16)14-5-2-1-3-6-14/h1-3,5-6H,4,7-13,18H2,(H,19,20). The molecule has 0 unspecified atom stereocenters. The van der Waals surface area contributed by atoms with Crippen LogP contribution in [0.25, 0.3) is 0 Å². The SMILES string of the molecule is NC1(C(=O)NCC2(c3ccccc3)CCC2)CCOCC1. The van der Waals surface area contributed by atoms with Gasteiger partial charge in [0.1, 0.15) is 0 Å². The Balaban J connectivity index is 1.64. The van der Waals surface area contributed by atoms with E-state index < -0.39 is 5.54 Å². The molecule has 1 aromatic carbocycles. The second kappa shape index (κ2) is 5.78. The average molecular weight is 288 g/mol. The lowest BCUT2D eigenvalue weighted by Crippen LogP contribution is -2.59. The second-order valence-corrected chi connectivity index (χ2v) is 6.45. The minimum absolute atomic E-state index is 0.0204. The molecule has 1 aliphatic carbocycles. The molecule has 1 aromatic rings. The maximum Gasteiger partial charge on any atom is 0.240 e. The van der Waals surface area contributed by atoms with E-state index in [1.807, 2.05) is 6.07 Å². The van der Waals surface area contributed by atoms with Crippen molar-refractivity contribution in [1.29, 1.82) is 0 Å². The molecule has 114 valence electrons. The zero-order chi connectivity index (χ0) is 14.8. The van der Waals surface area contributed by atoms with Crippen LogP contribution < -0.4 is 11.1 Å². The number of carbonyl (C=O) groups excluding carboxylic acids is 1. The first-order valence-corrected chi connectivity index (χ1v) is 7.85. The van der Waals surface area contributed by atoms with Gasteiger partial charge in [-0.25, -0.2) is 0 Å². The van der Waals surface area contributed by atoms with Crippen LogP contribution >= 0.6 is 0 Å². The van der Waals surface area contributed by atoms with Gasteiger partial charge in [-0.05, 0) is 31.2 Å². The first-order valence-electron chi connectivity index (χ1n) is 7.85. The van der Waals surface area contributed by atoms with Crippen molar-refractivity contribution in [3.63, 3.8) is 0 Å². The van der Waals surface area contributed by atoms with E-state index in [9.17, 15) is 4.79 Å². The van der Waals surface area contributed by atoms with Gasteiger partial charge in [0.2, 0.25) is 5.91 Å². The quantitative estimate of drug-likeness (QED) is 0.887. The summed E-state index contributed by atoms with van der Waals surface area (Å²) >= 11 is 0. The van der Waals surface area contributed by atoms with Crippen molar-refractivity contribution in [2.24, 2.45) is 5.73 Å². The Hall–Kier alpha value is -1.39. The van der Waals surface area contributed by atoms with Gasteiger partial charge in [-0.15, -0.1) is 0 Å². The topological polar surface area (TPSA) is 64.4 Å². The fraction of sp³-hybridized carbons (Fsp3) is 0.588. The summed E-state index contributed by atoms with van der Waals surface area (Å²) in [6.45, 7) is 1.84. The molecule has 1 heterocycles. The fourth-order valence-corrected chi connectivity index (χ4v) is 3.35. The monoisotopic (exact) mass is 288 g/mol. The van der Waals surface area contributed by atoms with Gasteiger partial charge in [-0.1, -0.05) is 36.8 Å². The molecule has 3 N–H and O–H groups in total. The van der Waals surface area contributed by atoms with E-state index in [1.165, 1.54) is 12.0 Å². The Morgan fingerprint density at radius 3 is 2.38 bits per heavy atom. The van der Waals surface area contributed by atoms with E-state index >= 15 is 0 Å². The van der Waals surface area contributed by atoms with Crippen LogP contribution in [-0.2, 0) is 14.9 Å². The maximum atomic E-state index is 12.4. The van der Waals surface area contributed by atoms with Gasteiger partial charge in [0, 0.05) is 25.2 Å². The molecule has 0 radical (unpaired) electrons. The maximum absolute atomic E-state index is 12.4. The van der Waals surface area contributed by atoms with Crippen molar-refractivity contribution in [2.45, 2.75) is 43.1 Å². The van der Waals surface area contributed by atoms with E-state index in [4.69, 9.17) is 10.5 Å². The van der Waals surface area contributed by atoms with Crippen LogP contribution in [0.5, 0.6) is 0 Å². The Bertz CT molecular complexity index is 491. The minimum atomic E-state index is -0.750. The summed E-state index contributed by atoms with van der Waals surface area (Å²) in [7, 11) is 0. The van der Waals surface area contributed by atoms with E-state index in [2.05, 4.69) is 29.6 Å². The lowest BCUT2D eigenvalue weighted by Gasteiger charge is -2.43. The van der Waals surface area contributed by atoms with Gasteiger partial charge in [0.15, 0.2) is 0 Å². The molecular formula is C17H24N2O2. The number of nitrogens with one attached hydrogen (secondary N) is 1. The second-order valence-electron chi connectivity index (χ2n) is 6.45. The van der Waals surface area contributed by atoms with Crippen LogP contribution in [0.3, 0.4) is 0 Å². The highest BCUT2D eigenvalue weighted by atomic mass is 16.5. The number of benzene rings is 1. The highest BCUT2D eigenvalue weighted by molar-refractivity contribution is 5.86. The van der Waals surface area contributed by atoms with Gasteiger partial charge >= 0.3 is 0 Å². The highest BCUT2D eigenvalue weighted by Gasteiger charge is 2.41. The van der Waals surface area contributed by atoms with Crippen LogP contribution in [0, 0.1) is 0 Å². The van der Waals surface area contributed by atoms with Crippen LogP contribution in [0.15, 0.2) is 30.3 Å². The smallest absolute Gasteiger partial charge is 0.240 e. The van der Waals surface area contributed by atoms with Gasteiger partial charge in [0.25, 0.3) is 0 Å². The van der Waals surface area contributed by atoms with Gasteiger partial charge in [0.05, 0.1) is 5.54 Å². The van der Waals surface area contributed by atoms with Crippen molar-refractivity contribution in [1.82, 2.24) is 5.32 Å². The van der Waals surface area contributed by atoms with Crippen molar-refractivity contribution in [3.05, 3.63) is 35.9 Å². The van der Waals surface area contributed by atoms with E-state index in [0.29, 0.717) is 32.6 Å². The molecule has 4 nitrogen and oxygen atoms in total. The zero-order valence-corrected chi connectivity index (χ0v) is 12.4. The Morgan fingerprint density at radius 1 is 1.14 bits per heavy atom. The summed E-state index contributed by atoms with van der Waals surface area (Å²) in [6, 6.07) is 10.5. The summed E-state index contributed by atoms with van der Waals surface area (Å²) in [6.07, 6.45) is 4.72. The third-order valence-electron chi connectivity index (χ3n) is 5.12. The molecule has 0 atom stereocenters. The third kappa shape index (κ3) is 2.83. The van der Waals surface area contributed by atoms with Crippen LogP contribution in [0.1, 0.15) is 37.7 Å². The first kappa shape index (κ1) is 14.5. The Morgan fingerprint density at radius 2 is 1.81 bits per heavy atom. The Kier molecular flexibility index (Phi) is 4.00. The molecule has 21 heavy (non-hydrogen) atoms. The van der Waals surface area contributed by atoms with Crippen molar-refractivity contribution in [3.8, 4) is 0 Å². The van der Waals surface area contributed by atoms with Crippen LogP contribution in [0.4, 0.5) is 0 Å². The number of hydrogen-bond acceptors (Lipinski definition) is 3. The molecule has 2 aliphatic rings. The van der Waals surface area contributed by atoms with Crippen LogP contribution in [0.2, 0.25) is 0 Å². The first-order chi connectivity index (χ1) is 10.1. The number of hydrogen-bond donors (Lipinski definition) is 2. The van der Waals surface area contributed by atoms with Gasteiger partial charge in [-0.3, -0.25) is 4.79 Å². The molecule has 0 aromatic heterocycles. The van der Waals surface area contributed by atoms with Crippen molar-refractivity contribution >= 4 is 5.91 Å². The summed E-state index contributed by atoms with van der Waals surface area (Å²) in [5.41, 5.74) is 6.93. The van der Waals surface area contributed by atoms with Gasteiger partial charge in [-0.2, -0.15) is 0 Å². The predicted octanol–water partition coefficient (Wildman–Crippen LogP) is 1.73. The normalized spacial score (nSPS) is 23.1. The van der Waals surface area contributed by atoms with E-state index in [1.54, 1.807) is 0 Å². The van der Waals surface area contributed by atoms with E-state index in [0.717, 1.165) is 12.8 Å². The number of amides is 1. The number of rotatable bonds is 4. The van der Waals surface area contributed by atoms with Crippen molar-refractivity contribution < 1.29 is 9.53 Å². The molecule has 1 saturated heterocycles. The molecule has 1 aliphatic heterocycles. The molecule has 1 saturated carbocycles. The lowest BCUT2D eigenvalue weighted by molar-refractivity contribution is -0.130. The lowest BCUT2D eigenvalue weighted by atomic mass is 9.64. The summed E-state index contributed by atoms with van der Waals surface area (Å²) in [4.78, 5) is 12.4. The largest absolute Gasteiger partial charge is 0.381 e. The molecule has 0 spiro atoms. The van der Waals surface area contributed by atoms with E-state index in [-0.39, 0.29) is 11.3 Å². The van der Waals surface area contributed by atoms with Gasteiger partial charge < -0.3 is 15.8 Å². The zero-order valence-electron chi connectivity index (χ0n) is 12.4. The summed E-state index contributed by atoms with van der Waals surface area (Å²) < 4.78 is 5.30. The molecular weight excluding hydrogens is 264 g/mol. The summed E-state index contributed by atoms with van der Waals surface area (Å²) in [5.74, 6) is -0.0204. The molecule has 0 bridgehead atoms. The average Bonchev–Trinajstić information content (AvgIpc) is 2.48. The number of carbonyl (C=O) groups is 1. The third-order valence-corrected chi connectivity index (χ3v) is 5.12. The highest BCUT2D eigenvalue weighted by Crippen LogP contribution is 2.43. The number of ether oxygens (including phenoxy) is 1. The predicted molar refractivity (Wildman–Crippen MR) is 82.0 cm³/mol. The summed E-state index contributed by atoms with van der Waals surface area (Å²) in [5, 5.41) is 3.11. The van der Waals surface area contributed by atoms with Crippen LogP contribution in [-0.4, -0.2) is 31.2 Å². The molecule has 3 rings (SSSR count). The minimum Gasteiger partial charge on any atom is -0.381 e. The molecule has 1 amide bonds. The number of nitrogens with two attached hydrogens (primary N) is 1. The molecule has 4 heteroatoms. The fourth-order valence-electron chi connectivity index (χ4n) is 3.35. The Labute approximate surface area is 126 Å². The van der Waals surface area contributed by atoms with Crippen molar-refractivity contribution in [2.75, 3.05) is 19.8 Å². The molecule has 2 fully saturated rings.